The van der Waals surface area contributed by atoms with E-state index in [2.05, 4.69) is 14.9 Å². The Morgan fingerprint density at radius 2 is 2.06 bits per heavy atom. The number of nitrogens with one attached hydrogen (secondary N) is 2. The molecule has 0 bridgehead atoms. The van der Waals surface area contributed by atoms with Crippen LogP contribution >= 0.6 is 0 Å². The van der Waals surface area contributed by atoms with Gasteiger partial charge >= 0.3 is 0 Å². The summed E-state index contributed by atoms with van der Waals surface area (Å²) in [5.74, 6) is 0. The van der Waals surface area contributed by atoms with E-state index in [1.54, 1.807) is 27.0 Å². The highest BCUT2D eigenvalue weighted by Crippen LogP contribution is 2.16. The van der Waals surface area contributed by atoms with E-state index in [0.717, 1.165) is 0 Å². The van der Waals surface area contributed by atoms with Crippen molar-refractivity contribution in [2.75, 3.05) is 12.8 Å². The maximum absolute atomic E-state index is 12.0. The minimum atomic E-state index is -3.59. The molecule has 1 rings (SSSR count). The number of sulfonamides is 1. The van der Waals surface area contributed by atoms with Crippen molar-refractivity contribution in [3.05, 3.63) is 11.4 Å². The Balaban J connectivity index is 2.87. The normalized spacial score (nSPS) is 15.8. The summed E-state index contributed by atoms with van der Waals surface area (Å²) < 4.78 is 37.6. The molecule has 0 saturated heterocycles. The Hall–Kier alpha value is -0.730. The van der Waals surface area contributed by atoms with Crippen LogP contribution in [0.15, 0.2) is 4.90 Å². The highest BCUT2D eigenvalue weighted by Gasteiger charge is 2.22. The third-order valence-corrected chi connectivity index (χ3v) is 5.44. The van der Waals surface area contributed by atoms with Crippen LogP contribution in [0.25, 0.3) is 0 Å². The molecule has 1 heterocycles. The van der Waals surface area contributed by atoms with Crippen molar-refractivity contribution in [1.29, 1.82) is 0 Å². The predicted octanol–water partition coefficient (Wildman–Crippen LogP) is 0.0718. The Kier molecular flexibility index (Phi) is 4.45. The zero-order valence-corrected chi connectivity index (χ0v) is 11.9. The quantitative estimate of drug-likeness (QED) is 0.798. The number of aromatic nitrogens is 2. The minimum Gasteiger partial charge on any atom is -0.281 e. The Morgan fingerprint density at radius 3 is 2.47 bits per heavy atom. The van der Waals surface area contributed by atoms with Crippen LogP contribution < -0.4 is 4.72 Å². The first kappa shape index (κ1) is 14.3. The second-order valence-corrected chi connectivity index (χ2v) is 7.43. The van der Waals surface area contributed by atoms with E-state index >= 15 is 0 Å². The van der Waals surface area contributed by atoms with E-state index in [9.17, 15) is 12.6 Å². The van der Waals surface area contributed by atoms with Gasteiger partial charge in [-0.15, -0.1) is 0 Å². The molecule has 1 aromatic heterocycles. The molecule has 0 radical (unpaired) electrons. The molecule has 2 atom stereocenters. The first-order valence-electron chi connectivity index (χ1n) is 5.09. The van der Waals surface area contributed by atoms with E-state index in [-0.39, 0.29) is 16.7 Å². The van der Waals surface area contributed by atoms with Crippen LogP contribution in [0.4, 0.5) is 0 Å². The van der Waals surface area contributed by atoms with Gasteiger partial charge in [-0.1, -0.05) is 0 Å². The van der Waals surface area contributed by atoms with Gasteiger partial charge in [-0.25, -0.2) is 13.1 Å². The standard InChI is InChI=1S/C9H17N3O3S2/c1-6(16(4)13)5-10-17(14,15)9-7(2)11-12-8(9)3/h6,10H,5H2,1-4H3,(H,11,12). The van der Waals surface area contributed by atoms with Gasteiger partial charge in [0, 0.05) is 28.9 Å². The van der Waals surface area contributed by atoms with Crippen LogP contribution in [-0.4, -0.2) is 40.9 Å². The molecule has 0 saturated carbocycles. The van der Waals surface area contributed by atoms with Crippen molar-refractivity contribution in [1.82, 2.24) is 14.9 Å². The number of hydrogen-bond donors (Lipinski definition) is 2. The molecule has 2 N–H and O–H groups in total. The molecule has 0 spiro atoms. The summed E-state index contributed by atoms with van der Waals surface area (Å²) in [6.45, 7) is 5.15. The molecule has 98 valence electrons. The summed E-state index contributed by atoms with van der Waals surface area (Å²) in [6.07, 6.45) is 1.55. The van der Waals surface area contributed by atoms with Gasteiger partial charge < -0.3 is 0 Å². The van der Waals surface area contributed by atoms with Crippen molar-refractivity contribution < 1.29 is 12.6 Å². The fourth-order valence-electron chi connectivity index (χ4n) is 1.35. The van der Waals surface area contributed by atoms with Crippen LogP contribution in [0, 0.1) is 13.8 Å². The second kappa shape index (κ2) is 5.28. The molecular formula is C9H17N3O3S2. The van der Waals surface area contributed by atoms with Crippen LogP contribution in [0.3, 0.4) is 0 Å². The van der Waals surface area contributed by atoms with Crippen LogP contribution in [-0.2, 0) is 20.8 Å². The SMILES string of the molecule is Cc1n[nH]c(C)c1S(=O)(=O)NCC(C)S(C)=O. The van der Waals surface area contributed by atoms with E-state index in [1.807, 2.05) is 0 Å². The third kappa shape index (κ3) is 3.36. The van der Waals surface area contributed by atoms with Crippen LogP contribution in [0.5, 0.6) is 0 Å². The van der Waals surface area contributed by atoms with Crippen molar-refractivity contribution in [3.8, 4) is 0 Å². The summed E-state index contributed by atoms with van der Waals surface area (Å²) >= 11 is 0. The molecule has 0 aromatic carbocycles. The Morgan fingerprint density at radius 1 is 1.47 bits per heavy atom. The fraction of sp³-hybridized carbons (Fsp3) is 0.667. The van der Waals surface area contributed by atoms with Crippen LogP contribution in [0.1, 0.15) is 18.3 Å². The lowest BCUT2D eigenvalue weighted by Crippen LogP contribution is -2.33. The lowest BCUT2D eigenvalue weighted by Gasteiger charge is -2.10. The first-order chi connectivity index (χ1) is 7.75. The summed E-state index contributed by atoms with van der Waals surface area (Å²) in [4.78, 5) is 0.173. The maximum Gasteiger partial charge on any atom is 0.244 e. The molecule has 17 heavy (non-hydrogen) atoms. The first-order valence-corrected chi connectivity index (χ1v) is 8.19. The molecule has 1 aromatic rings. The van der Waals surface area contributed by atoms with Gasteiger partial charge in [-0.2, -0.15) is 5.10 Å². The summed E-state index contributed by atoms with van der Waals surface area (Å²) in [5, 5.41) is 6.24. The maximum atomic E-state index is 12.0. The Labute approximate surface area is 104 Å². The van der Waals surface area contributed by atoms with Crippen molar-refractivity contribution >= 4 is 20.8 Å². The lowest BCUT2D eigenvalue weighted by molar-refractivity contribution is 0.579. The van der Waals surface area contributed by atoms with Gasteiger partial charge in [0.2, 0.25) is 10.0 Å². The van der Waals surface area contributed by atoms with Gasteiger partial charge in [-0.3, -0.25) is 9.31 Å². The molecular weight excluding hydrogens is 262 g/mol. The highest BCUT2D eigenvalue weighted by atomic mass is 32.2. The number of H-pyrrole nitrogens is 1. The number of hydrogen-bond acceptors (Lipinski definition) is 4. The van der Waals surface area contributed by atoms with Gasteiger partial charge in [0.15, 0.2) is 0 Å². The summed E-state index contributed by atoms with van der Waals surface area (Å²) in [6, 6.07) is 0. The lowest BCUT2D eigenvalue weighted by atomic mass is 10.4. The van der Waals surface area contributed by atoms with Gasteiger partial charge in [-0.05, 0) is 20.8 Å². The predicted molar refractivity (Wildman–Crippen MR) is 66.8 cm³/mol. The molecule has 0 aliphatic rings. The van der Waals surface area contributed by atoms with E-state index in [1.165, 1.54) is 0 Å². The van der Waals surface area contributed by atoms with Crippen molar-refractivity contribution in [3.63, 3.8) is 0 Å². The molecule has 2 unspecified atom stereocenters. The van der Waals surface area contributed by atoms with Crippen LogP contribution in [0.2, 0.25) is 0 Å². The smallest absolute Gasteiger partial charge is 0.244 e. The molecule has 8 heteroatoms. The topological polar surface area (TPSA) is 91.9 Å². The van der Waals surface area contributed by atoms with Crippen molar-refractivity contribution in [2.45, 2.75) is 30.9 Å². The summed E-state index contributed by atoms with van der Waals surface area (Å²) in [7, 11) is -4.64. The molecule has 0 amide bonds. The third-order valence-electron chi connectivity index (χ3n) is 2.46. The van der Waals surface area contributed by atoms with E-state index in [0.29, 0.717) is 11.4 Å². The van der Waals surface area contributed by atoms with Crippen molar-refractivity contribution in [2.24, 2.45) is 0 Å². The number of aryl methyl sites for hydroxylation is 2. The Bertz CT molecular complexity index is 502. The van der Waals surface area contributed by atoms with E-state index < -0.39 is 20.8 Å². The summed E-state index contributed by atoms with van der Waals surface area (Å²) in [5.41, 5.74) is 0.931. The monoisotopic (exact) mass is 279 g/mol. The number of rotatable bonds is 5. The zero-order chi connectivity index (χ0) is 13.2. The largest absolute Gasteiger partial charge is 0.281 e. The molecule has 0 aliphatic heterocycles. The number of aromatic amines is 1. The van der Waals surface area contributed by atoms with Gasteiger partial charge in [0.05, 0.1) is 11.4 Å². The molecule has 0 fully saturated rings. The van der Waals surface area contributed by atoms with Gasteiger partial charge in [0.1, 0.15) is 4.90 Å². The average molecular weight is 279 g/mol. The van der Waals surface area contributed by atoms with Gasteiger partial charge in [0.25, 0.3) is 0 Å². The fourth-order valence-corrected chi connectivity index (χ4v) is 3.27. The van der Waals surface area contributed by atoms with E-state index in [4.69, 9.17) is 0 Å². The highest BCUT2D eigenvalue weighted by molar-refractivity contribution is 7.89. The minimum absolute atomic E-state index is 0.148. The molecule has 6 nitrogen and oxygen atoms in total. The zero-order valence-electron chi connectivity index (χ0n) is 10.3. The second-order valence-electron chi connectivity index (χ2n) is 3.92. The number of nitrogens with zero attached hydrogens (tertiary/aromatic N) is 1. The average Bonchev–Trinajstić information content (AvgIpc) is 2.55. The molecule has 0 aliphatic carbocycles.